The predicted molar refractivity (Wildman–Crippen MR) is 79.5 cm³/mol. The van der Waals surface area contributed by atoms with Gasteiger partial charge >= 0.3 is 0 Å². The van der Waals surface area contributed by atoms with Crippen LogP contribution in [0.5, 0.6) is 5.75 Å². The molecule has 2 heterocycles. The highest BCUT2D eigenvalue weighted by atomic mass is 16.5. The number of para-hydroxylation sites is 1. The molecule has 0 radical (unpaired) electrons. The summed E-state index contributed by atoms with van der Waals surface area (Å²) in [5, 5.41) is 0. The third-order valence-corrected chi connectivity index (χ3v) is 4.09. The summed E-state index contributed by atoms with van der Waals surface area (Å²) in [5.74, 6) is 1.75. The molecule has 2 unspecified atom stereocenters. The Bertz CT molecular complexity index is 648. The fourth-order valence-corrected chi connectivity index (χ4v) is 2.67. The van der Waals surface area contributed by atoms with Gasteiger partial charge in [-0.25, -0.2) is 0 Å². The van der Waals surface area contributed by atoms with E-state index in [0.29, 0.717) is 18.0 Å². The fraction of sp³-hybridized carbons (Fsp3) is 0.353. The summed E-state index contributed by atoms with van der Waals surface area (Å²) in [4.78, 5) is 14.3. The van der Waals surface area contributed by atoms with Crippen molar-refractivity contribution in [1.29, 1.82) is 0 Å². The summed E-state index contributed by atoms with van der Waals surface area (Å²) >= 11 is 0. The smallest absolute Gasteiger partial charge is 0.257 e. The second-order valence-electron chi connectivity index (χ2n) is 5.58. The van der Waals surface area contributed by atoms with E-state index in [-0.39, 0.29) is 12.0 Å². The van der Waals surface area contributed by atoms with Gasteiger partial charge in [-0.05, 0) is 25.1 Å². The van der Waals surface area contributed by atoms with E-state index in [1.807, 2.05) is 37.3 Å². The number of carbonyl (C=O) groups excluding carboxylic acids is 1. The summed E-state index contributed by atoms with van der Waals surface area (Å²) in [6.07, 6.45) is 1.71. The zero-order chi connectivity index (χ0) is 15.0. The normalized spacial score (nSPS) is 20.0. The zero-order valence-corrected chi connectivity index (χ0v) is 12.5. The summed E-state index contributed by atoms with van der Waals surface area (Å²) < 4.78 is 11.2. The first-order valence-electron chi connectivity index (χ1n) is 7.15. The van der Waals surface area contributed by atoms with E-state index in [9.17, 15) is 4.79 Å². The number of rotatable bonds is 3. The van der Waals surface area contributed by atoms with Gasteiger partial charge in [0.15, 0.2) is 0 Å². The van der Waals surface area contributed by atoms with Gasteiger partial charge in [0.25, 0.3) is 5.91 Å². The number of carbonyl (C=O) groups is 1. The molecular weight excluding hydrogens is 266 g/mol. The van der Waals surface area contributed by atoms with Gasteiger partial charge in [0.05, 0.1) is 18.4 Å². The summed E-state index contributed by atoms with van der Waals surface area (Å²) in [7, 11) is 1.77. The van der Waals surface area contributed by atoms with Gasteiger partial charge in [-0.15, -0.1) is 0 Å². The number of amides is 1. The van der Waals surface area contributed by atoms with E-state index in [1.165, 1.54) is 0 Å². The van der Waals surface area contributed by atoms with Gasteiger partial charge in [0.2, 0.25) is 0 Å². The Balaban J connectivity index is 1.86. The Morgan fingerprint density at radius 1 is 1.24 bits per heavy atom. The summed E-state index contributed by atoms with van der Waals surface area (Å²) in [5.41, 5.74) is 1.73. The molecule has 0 saturated heterocycles. The van der Waals surface area contributed by atoms with Crippen LogP contribution in [0.4, 0.5) is 0 Å². The van der Waals surface area contributed by atoms with Crippen molar-refractivity contribution in [3.8, 4) is 5.75 Å². The van der Waals surface area contributed by atoms with Crippen LogP contribution in [0.15, 0.2) is 41.0 Å². The first-order chi connectivity index (χ1) is 10.1. The van der Waals surface area contributed by atoms with Crippen molar-refractivity contribution in [1.82, 2.24) is 4.90 Å². The topological polar surface area (TPSA) is 42.7 Å². The van der Waals surface area contributed by atoms with Crippen molar-refractivity contribution in [2.24, 2.45) is 0 Å². The van der Waals surface area contributed by atoms with Gasteiger partial charge in [0, 0.05) is 18.5 Å². The van der Waals surface area contributed by atoms with Crippen molar-refractivity contribution in [3.63, 3.8) is 0 Å². The molecule has 21 heavy (non-hydrogen) atoms. The van der Waals surface area contributed by atoms with Crippen LogP contribution >= 0.6 is 0 Å². The molecule has 4 nitrogen and oxygen atoms in total. The minimum absolute atomic E-state index is 0.0513. The molecule has 0 N–H and O–H groups in total. The fourth-order valence-electron chi connectivity index (χ4n) is 2.67. The molecule has 0 aliphatic carbocycles. The van der Waals surface area contributed by atoms with Crippen molar-refractivity contribution in [3.05, 3.63) is 53.5 Å². The molecule has 3 rings (SSSR count). The van der Waals surface area contributed by atoms with Crippen LogP contribution in [0.25, 0.3) is 0 Å². The van der Waals surface area contributed by atoms with Gasteiger partial charge in [-0.1, -0.05) is 19.1 Å². The summed E-state index contributed by atoms with van der Waals surface area (Å²) in [6.45, 7) is 4.60. The minimum atomic E-state index is -0.0513. The van der Waals surface area contributed by atoms with Crippen LogP contribution in [0.2, 0.25) is 0 Å². The average molecular weight is 285 g/mol. The highest BCUT2D eigenvalue weighted by molar-refractivity contribution is 5.97. The first kappa shape index (κ1) is 13.7. The van der Waals surface area contributed by atoms with Crippen molar-refractivity contribution < 1.29 is 13.9 Å². The number of nitrogens with zero attached hydrogens (tertiary/aromatic N) is 1. The van der Waals surface area contributed by atoms with Crippen LogP contribution in [0, 0.1) is 0 Å². The van der Waals surface area contributed by atoms with Gasteiger partial charge in [-0.3, -0.25) is 4.79 Å². The second-order valence-corrected chi connectivity index (χ2v) is 5.58. The van der Waals surface area contributed by atoms with E-state index in [4.69, 9.17) is 9.15 Å². The second kappa shape index (κ2) is 5.28. The van der Waals surface area contributed by atoms with E-state index in [2.05, 4.69) is 6.92 Å². The largest absolute Gasteiger partial charge is 0.489 e. The van der Waals surface area contributed by atoms with E-state index in [0.717, 1.165) is 17.1 Å². The van der Waals surface area contributed by atoms with Crippen LogP contribution in [0.1, 0.15) is 41.4 Å². The standard InChI is InChI=1S/C17H19NO3/c1-11-12(2)21-16-14(11)7-4-8-15(16)17(19)18(3)10-13-6-5-9-20-13/h4-9,11-12H,10H2,1-3H3. The highest BCUT2D eigenvalue weighted by Crippen LogP contribution is 2.40. The minimum Gasteiger partial charge on any atom is -0.489 e. The Labute approximate surface area is 124 Å². The molecule has 1 amide bonds. The van der Waals surface area contributed by atoms with E-state index in [1.54, 1.807) is 18.2 Å². The lowest BCUT2D eigenvalue weighted by molar-refractivity contribution is 0.0770. The lowest BCUT2D eigenvalue weighted by Gasteiger charge is -2.17. The van der Waals surface area contributed by atoms with Crippen LogP contribution in [-0.4, -0.2) is 24.0 Å². The molecule has 0 saturated carbocycles. The monoisotopic (exact) mass is 285 g/mol. The van der Waals surface area contributed by atoms with Crippen molar-refractivity contribution in [2.45, 2.75) is 32.4 Å². The van der Waals surface area contributed by atoms with Gasteiger partial charge < -0.3 is 14.1 Å². The Kier molecular flexibility index (Phi) is 3.45. The lowest BCUT2D eigenvalue weighted by atomic mass is 9.96. The van der Waals surface area contributed by atoms with Crippen LogP contribution in [0.3, 0.4) is 0 Å². The van der Waals surface area contributed by atoms with Crippen molar-refractivity contribution >= 4 is 5.91 Å². The molecule has 1 aliphatic rings. The zero-order valence-electron chi connectivity index (χ0n) is 12.5. The van der Waals surface area contributed by atoms with Crippen LogP contribution < -0.4 is 4.74 Å². The number of fused-ring (bicyclic) bond motifs is 1. The van der Waals surface area contributed by atoms with Crippen molar-refractivity contribution in [2.75, 3.05) is 7.05 Å². The Morgan fingerprint density at radius 2 is 2.05 bits per heavy atom. The number of benzene rings is 1. The van der Waals surface area contributed by atoms with Gasteiger partial charge in [0.1, 0.15) is 17.6 Å². The number of hydrogen-bond acceptors (Lipinski definition) is 3. The molecule has 1 aromatic carbocycles. The number of ether oxygens (including phenoxy) is 1. The number of furan rings is 1. The maximum absolute atomic E-state index is 12.6. The molecule has 1 aliphatic heterocycles. The molecule has 0 fully saturated rings. The quantitative estimate of drug-likeness (QED) is 0.867. The number of hydrogen-bond donors (Lipinski definition) is 0. The molecular formula is C17H19NO3. The average Bonchev–Trinajstić information content (AvgIpc) is 3.07. The molecule has 1 aromatic heterocycles. The Hall–Kier alpha value is -2.23. The first-order valence-corrected chi connectivity index (χ1v) is 7.15. The maximum Gasteiger partial charge on any atom is 0.257 e. The summed E-state index contributed by atoms with van der Waals surface area (Å²) in [6, 6.07) is 9.46. The lowest BCUT2D eigenvalue weighted by Crippen LogP contribution is -2.26. The molecule has 0 bridgehead atoms. The SMILES string of the molecule is CC1Oc2c(C(=O)N(C)Cc3ccco3)cccc2C1C. The van der Waals surface area contributed by atoms with E-state index < -0.39 is 0 Å². The predicted octanol–water partition coefficient (Wildman–Crippen LogP) is 3.44. The third kappa shape index (κ3) is 2.42. The van der Waals surface area contributed by atoms with Crippen LogP contribution in [-0.2, 0) is 6.54 Å². The molecule has 4 heteroatoms. The van der Waals surface area contributed by atoms with Gasteiger partial charge in [-0.2, -0.15) is 0 Å². The van der Waals surface area contributed by atoms with E-state index >= 15 is 0 Å². The molecule has 0 spiro atoms. The molecule has 110 valence electrons. The molecule has 2 aromatic rings. The third-order valence-electron chi connectivity index (χ3n) is 4.09. The molecule has 2 atom stereocenters. The maximum atomic E-state index is 12.6. The Morgan fingerprint density at radius 3 is 2.76 bits per heavy atom. The highest BCUT2D eigenvalue weighted by Gasteiger charge is 2.31.